The van der Waals surface area contributed by atoms with Crippen LogP contribution in [0.2, 0.25) is 0 Å². The van der Waals surface area contributed by atoms with Crippen LogP contribution in [-0.4, -0.2) is 23.2 Å². The molecular weight excluding hydrogens is 274 g/mol. The molecular formula is C18H19N3O. The fourth-order valence-electron chi connectivity index (χ4n) is 3.59. The average molecular weight is 293 g/mol. The SMILES string of the molecule is Cc1ccncc1-c1cccc2c1C[C@]1(CC2)COC(N)=N1. The Morgan fingerprint density at radius 2 is 2.14 bits per heavy atom. The minimum atomic E-state index is -0.177. The van der Waals surface area contributed by atoms with E-state index >= 15 is 0 Å². The lowest BCUT2D eigenvalue weighted by atomic mass is 9.76. The van der Waals surface area contributed by atoms with Crippen molar-refractivity contribution < 1.29 is 4.74 Å². The Morgan fingerprint density at radius 1 is 1.23 bits per heavy atom. The highest BCUT2D eigenvalue weighted by molar-refractivity contribution is 5.75. The second kappa shape index (κ2) is 4.83. The molecule has 1 aliphatic heterocycles. The summed E-state index contributed by atoms with van der Waals surface area (Å²) in [6.07, 6.45) is 6.69. The van der Waals surface area contributed by atoms with Crippen molar-refractivity contribution in [3.8, 4) is 11.1 Å². The minimum absolute atomic E-state index is 0.177. The number of amidine groups is 1. The number of fused-ring (bicyclic) bond motifs is 1. The zero-order chi connectivity index (χ0) is 15.2. The Bertz CT molecular complexity index is 769. The van der Waals surface area contributed by atoms with E-state index in [0.29, 0.717) is 12.6 Å². The van der Waals surface area contributed by atoms with Crippen LogP contribution in [0.5, 0.6) is 0 Å². The first kappa shape index (κ1) is 13.3. The van der Waals surface area contributed by atoms with E-state index in [2.05, 4.69) is 41.2 Å². The number of hydrogen-bond donors (Lipinski definition) is 1. The highest BCUT2D eigenvalue weighted by atomic mass is 16.5. The summed E-state index contributed by atoms with van der Waals surface area (Å²) in [5.74, 6) is 0. The summed E-state index contributed by atoms with van der Waals surface area (Å²) in [6, 6.07) is 8.94. The van der Waals surface area contributed by atoms with Gasteiger partial charge in [0, 0.05) is 24.4 Å². The number of nitrogens with two attached hydrogens (primary N) is 1. The van der Waals surface area contributed by atoms with Gasteiger partial charge >= 0.3 is 0 Å². The van der Waals surface area contributed by atoms with Gasteiger partial charge in [0.25, 0.3) is 6.02 Å². The lowest BCUT2D eigenvalue weighted by Crippen LogP contribution is -2.35. The molecule has 1 aliphatic carbocycles. The molecule has 1 aromatic carbocycles. The first-order valence-corrected chi connectivity index (χ1v) is 7.67. The van der Waals surface area contributed by atoms with Crippen molar-refractivity contribution >= 4 is 6.02 Å². The highest BCUT2D eigenvalue weighted by Crippen LogP contribution is 2.39. The molecule has 4 rings (SSSR count). The molecule has 2 aliphatic rings. The van der Waals surface area contributed by atoms with Crippen molar-refractivity contribution in [3.05, 3.63) is 53.3 Å². The molecule has 1 spiro atoms. The number of benzene rings is 1. The zero-order valence-corrected chi connectivity index (χ0v) is 12.7. The third kappa shape index (κ3) is 2.06. The topological polar surface area (TPSA) is 60.5 Å². The van der Waals surface area contributed by atoms with Crippen molar-refractivity contribution in [2.75, 3.05) is 6.61 Å². The van der Waals surface area contributed by atoms with E-state index in [1.165, 1.54) is 27.8 Å². The van der Waals surface area contributed by atoms with Crippen molar-refractivity contribution in [3.63, 3.8) is 0 Å². The average Bonchev–Trinajstić information content (AvgIpc) is 2.88. The monoisotopic (exact) mass is 293 g/mol. The molecule has 0 unspecified atom stereocenters. The quantitative estimate of drug-likeness (QED) is 0.879. The molecule has 4 nitrogen and oxygen atoms in total. The first-order valence-electron chi connectivity index (χ1n) is 7.67. The summed E-state index contributed by atoms with van der Waals surface area (Å²) in [7, 11) is 0. The molecule has 0 bridgehead atoms. The van der Waals surface area contributed by atoms with E-state index in [4.69, 9.17) is 10.5 Å². The largest absolute Gasteiger partial charge is 0.463 e. The number of rotatable bonds is 1. The summed E-state index contributed by atoms with van der Waals surface area (Å²) >= 11 is 0. The van der Waals surface area contributed by atoms with E-state index in [9.17, 15) is 0 Å². The van der Waals surface area contributed by atoms with Crippen LogP contribution < -0.4 is 5.73 Å². The minimum Gasteiger partial charge on any atom is -0.463 e. The standard InChI is InChI=1S/C18H19N3O/c1-12-6-8-20-10-16(12)14-4-2-3-13-5-7-18(9-15(13)14)11-22-17(19)21-18/h2-4,6,8,10H,5,7,9,11H2,1H3,(H2,19,21)/t18-/m1/s1. The fraction of sp³-hybridized carbons (Fsp3) is 0.333. The van der Waals surface area contributed by atoms with Crippen molar-refractivity contribution in [2.24, 2.45) is 10.7 Å². The summed E-state index contributed by atoms with van der Waals surface area (Å²) in [5.41, 5.74) is 12.1. The molecule has 0 fully saturated rings. The third-order valence-electron chi connectivity index (χ3n) is 4.80. The number of aryl methyl sites for hydroxylation is 2. The maximum absolute atomic E-state index is 5.75. The molecule has 2 N–H and O–H groups in total. The van der Waals surface area contributed by atoms with Gasteiger partial charge in [-0.05, 0) is 48.1 Å². The Labute approximate surface area is 130 Å². The van der Waals surface area contributed by atoms with Gasteiger partial charge in [-0.3, -0.25) is 4.98 Å². The zero-order valence-electron chi connectivity index (χ0n) is 12.7. The van der Waals surface area contributed by atoms with Crippen LogP contribution in [0.3, 0.4) is 0 Å². The van der Waals surface area contributed by atoms with Gasteiger partial charge in [0.1, 0.15) is 12.1 Å². The molecule has 4 heteroatoms. The van der Waals surface area contributed by atoms with Gasteiger partial charge in [0.2, 0.25) is 0 Å². The van der Waals surface area contributed by atoms with Gasteiger partial charge < -0.3 is 10.5 Å². The Balaban J connectivity index is 1.83. The Kier molecular flexibility index (Phi) is 2.93. The lowest BCUT2D eigenvalue weighted by Gasteiger charge is -2.32. The van der Waals surface area contributed by atoms with Crippen LogP contribution in [0.4, 0.5) is 0 Å². The molecule has 0 saturated carbocycles. The molecule has 0 saturated heterocycles. The number of pyridine rings is 1. The number of aliphatic imine (C=N–C) groups is 1. The number of nitrogens with zero attached hydrogens (tertiary/aromatic N) is 2. The van der Waals surface area contributed by atoms with E-state index in [1.54, 1.807) is 0 Å². The first-order chi connectivity index (χ1) is 10.7. The molecule has 1 aromatic heterocycles. The summed E-state index contributed by atoms with van der Waals surface area (Å²) in [6.45, 7) is 2.72. The smallest absolute Gasteiger partial charge is 0.282 e. The van der Waals surface area contributed by atoms with Crippen molar-refractivity contribution in [1.29, 1.82) is 0 Å². The number of ether oxygens (including phenoxy) is 1. The van der Waals surface area contributed by atoms with Gasteiger partial charge in [-0.15, -0.1) is 0 Å². The van der Waals surface area contributed by atoms with Crippen LogP contribution in [0.25, 0.3) is 11.1 Å². The van der Waals surface area contributed by atoms with Crippen LogP contribution in [0.15, 0.2) is 41.7 Å². The van der Waals surface area contributed by atoms with Crippen LogP contribution >= 0.6 is 0 Å². The van der Waals surface area contributed by atoms with Gasteiger partial charge in [-0.1, -0.05) is 18.2 Å². The number of aromatic nitrogens is 1. The van der Waals surface area contributed by atoms with E-state index < -0.39 is 0 Å². The van der Waals surface area contributed by atoms with Crippen molar-refractivity contribution in [2.45, 2.75) is 31.7 Å². The van der Waals surface area contributed by atoms with Crippen LogP contribution in [-0.2, 0) is 17.6 Å². The Hall–Kier alpha value is -2.36. The molecule has 0 amide bonds. The molecule has 2 aromatic rings. The highest BCUT2D eigenvalue weighted by Gasteiger charge is 2.40. The predicted octanol–water partition coefficient (Wildman–Crippen LogP) is 2.63. The second-order valence-electron chi connectivity index (χ2n) is 6.27. The van der Waals surface area contributed by atoms with Gasteiger partial charge in [0.15, 0.2) is 0 Å². The normalized spacial score (nSPS) is 23.0. The van der Waals surface area contributed by atoms with Crippen LogP contribution in [0.1, 0.15) is 23.1 Å². The Morgan fingerprint density at radius 3 is 2.91 bits per heavy atom. The molecule has 0 radical (unpaired) electrons. The molecule has 1 atom stereocenters. The van der Waals surface area contributed by atoms with E-state index in [-0.39, 0.29) is 5.54 Å². The van der Waals surface area contributed by atoms with Crippen molar-refractivity contribution in [1.82, 2.24) is 4.98 Å². The van der Waals surface area contributed by atoms with E-state index in [1.807, 2.05) is 12.4 Å². The fourth-order valence-corrected chi connectivity index (χ4v) is 3.59. The molecule has 112 valence electrons. The summed E-state index contributed by atoms with van der Waals surface area (Å²) < 4.78 is 5.45. The molecule has 22 heavy (non-hydrogen) atoms. The molecule has 2 heterocycles. The third-order valence-corrected chi connectivity index (χ3v) is 4.80. The van der Waals surface area contributed by atoms with Gasteiger partial charge in [-0.25, -0.2) is 4.99 Å². The maximum Gasteiger partial charge on any atom is 0.282 e. The number of hydrogen-bond acceptors (Lipinski definition) is 4. The van der Waals surface area contributed by atoms with Crippen LogP contribution in [0, 0.1) is 6.92 Å². The maximum atomic E-state index is 5.75. The van der Waals surface area contributed by atoms with E-state index in [0.717, 1.165) is 19.3 Å². The summed E-state index contributed by atoms with van der Waals surface area (Å²) in [5, 5.41) is 0. The van der Waals surface area contributed by atoms with Gasteiger partial charge in [-0.2, -0.15) is 0 Å². The summed E-state index contributed by atoms with van der Waals surface area (Å²) in [4.78, 5) is 8.89. The predicted molar refractivity (Wildman–Crippen MR) is 86.7 cm³/mol. The second-order valence-corrected chi connectivity index (χ2v) is 6.27. The lowest BCUT2D eigenvalue weighted by molar-refractivity contribution is 0.235. The van der Waals surface area contributed by atoms with Gasteiger partial charge in [0.05, 0.1) is 0 Å².